The van der Waals surface area contributed by atoms with Gasteiger partial charge in [0.05, 0.1) is 60.0 Å². The summed E-state index contributed by atoms with van der Waals surface area (Å²) in [6, 6.07) is 0.583. The molecule has 45 heavy (non-hydrogen) atoms. The number of fused-ring (bicyclic) bond motifs is 2. The van der Waals surface area contributed by atoms with Gasteiger partial charge in [0.1, 0.15) is 18.0 Å². The van der Waals surface area contributed by atoms with Gasteiger partial charge >= 0.3 is 12.2 Å². The van der Waals surface area contributed by atoms with Gasteiger partial charge in [-0.25, -0.2) is 4.39 Å². The van der Waals surface area contributed by atoms with Crippen LogP contribution in [0.4, 0.5) is 37.8 Å². The summed E-state index contributed by atoms with van der Waals surface area (Å²) in [5.41, 5.74) is 1.67. The number of hydrogen-bond donors (Lipinski definition) is 2. The Balaban J connectivity index is 1.38. The minimum atomic E-state index is -5.01. The van der Waals surface area contributed by atoms with Crippen LogP contribution in [-0.2, 0) is 28.7 Å². The smallest absolute Gasteiger partial charge is 0.418 e. The van der Waals surface area contributed by atoms with Crippen LogP contribution >= 0.6 is 11.6 Å². The molecule has 4 aliphatic rings. The topological polar surface area (TPSA) is 106 Å². The molecule has 2 aromatic rings. The number of aromatic nitrogens is 2. The van der Waals surface area contributed by atoms with E-state index in [2.05, 4.69) is 9.97 Å². The molecule has 1 aromatic heterocycles. The van der Waals surface area contributed by atoms with Crippen molar-refractivity contribution < 1.29 is 45.7 Å². The molecule has 4 aliphatic heterocycles. The van der Waals surface area contributed by atoms with Gasteiger partial charge in [-0.1, -0.05) is 11.6 Å². The van der Waals surface area contributed by atoms with Gasteiger partial charge in [-0.3, -0.25) is 4.90 Å². The van der Waals surface area contributed by atoms with Crippen molar-refractivity contribution in [3.63, 3.8) is 0 Å². The van der Waals surface area contributed by atoms with E-state index in [1.165, 1.54) is 0 Å². The molecule has 9 nitrogen and oxygen atoms in total. The standard InChI is InChI=1S/C29H32ClF6N5O4/c1-27(42)12-40(5-6-43-13-27)25-16-11-44-20(21-22(29(34,35)36)17(30)7-18(37)23(21)31)8-19(16)38-26(39-25)45-14-28-3-2-4-41(28)10-15(9-28)24(32)33/h7,20,42H,2-6,8-14,37H2,1H3/t20-,27-,28-/m0/s1. The van der Waals surface area contributed by atoms with E-state index in [4.69, 9.17) is 31.5 Å². The number of benzene rings is 1. The molecule has 16 heteroatoms. The lowest BCUT2D eigenvalue weighted by molar-refractivity contribution is -0.140. The lowest BCUT2D eigenvalue weighted by Crippen LogP contribution is -2.44. The van der Waals surface area contributed by atoms with Crippen molar-refractivity contribution in [2.24, 2.45) is 0 Å². The summed E-state index contributed by atoms with van der Waals surface area (Å²) >= 11 is 5.92. The van der Waals surface area contributed by atoms with Gasteiger partial charge in [0.25, 0.3) is 6.08 Å². The highest BCUT2D eigenvalue weighted by atomic mass is 35.5. The average molecular weight is 664 g/mol. The second kappa shape index (κ2) is 11.7. The first kappa shape index (κ1) is 32.1. The summed E-state index contributed by atoms with van der Waals surface area (Å²) in [5, 5.41) is 10.1. The molecule has 0 aliphatic carbocycles. The van der Waals surface area contributed by atoms with Crippen molar-refractivity contribution in [3.8, 4) is 6.01 Å². The Hall–Kier alpha value is -2.85. The Labute approximate surface area is 259 Å². The first-order valence-corrected chi connectivity index (χ1v) is 14.9. The molecule has 3 atom stereocenters. The monoisotopic (exact) mass is 663 g/mol. The second-order valence-electron chi connectivity index (χ2n) is 12.4. The van der Waals surface area contributed by atoms with E-state index in [1.54, 1.807) is 11.8 Å². The number of β-amino-alcohol motifs (C(OH)–C–C–N with tert-alkyl or cyclic N) is 1. The third kappa shape index (κ3) is 6.16. The van der Waals surface area contributed by atoms with E-state index < -0.39 is 57.2 Å². The maximum Gasteiger partial charge on any atom is 0.418 e. The number of nitrogens with zero attached hydrogens (tertiary/aromatic N) is 4. The Bertz CT molecular complexity index is 1520. The van der Waals surface area contributed by atoms with E-state index in [9.17, 15) is 27.1 Å². The minimum Gasteiger partial charge on any atom is -0.461 e. The fourth-order valence-electron chi connectivity index (χ4n) is 6.85. The molecule has 3 N–H and O–H groups in total. The average Bonchev–Trinajstić information content (AvgIpc) is 3.45. The van der Waals surface area contributed by atoms with Crippen LogP contribution in [0, 0.1) is 5.82 Å². The summed E-state index contributed by atoms with van der Waals surface area (Å²) in [7, 11) is 0. The molecule has 5 heterocycles. The van der Waals surface area contributed by atoms with Gasteiger partial charge in [-0.15, -0.1) is 0 Å². The van der Waals surface area contributed by atoms with Crippen LogP contribution in [0.25, 0.3) is 0 Å². The van der Waals surface area contributed by atoms with Gasteiger partial charge in [0.2, 0.25) is 0 Å². The highest BCUT2D eigenvalue weighted by molar-refractivity contribution is 6.31. The molecule has 0 amide bonds. The van der Waals surface area contributed by atoms with Gasteiger partial charge in [0.15, 0.2) is 5.82 Å². The fourth-order valence-corrected chi connectivity index (χ4v) is 7.17. The third-order valence-corrected chi connectivity index (χ3v) is 9.19. The highest BCUT2D eigenvalue weighted by Crippen LogP contribution is 2.47. The maximum absolute atomic E-state index is 15.3. The van der Waals surface area contributed by atoms with E-state index in [1.807, 2.05) is 4.90 Å². The first-order valence-electron chi connectivity index (χ1n) is 14.5. The second-order valence-corrected chi connectivity index (χ2v) is 12.8. The van der Waals surface area contributed by atoms with Crippen molar-refractivity contribution in [1.82, 2.24) is 14.9 Å². The molecule has 246 valence electrons. The normalized spacial score (nSPS) is 27.4. The number of rotatable bonds is 5. The first-order chi connectivity index (χ1) is 21.2. The summed E-state index contributed by atoms with van der Waals surface area (Å²) < 4.78 is 102. The van der Waals surface area contributed by atoms with E-state index in [-0.39, 0.29) is 69.6 Å². The van der Waals surface area contributed by atoms with E-state index >= 15 is 4.39 Å². The summed E-state index contributed by atoms with van der Waals surface area (Å²) in [5.74, 6) is -0.985. The Morgan fingerprint density at radius 3 is 2.78 bits per heavy atom. The quantitative estimate of drug-likeness (QED) is 0.336. The Morgan fingerprint density at radius 1 is 1.27 bits per heavy atom. The van der Waals surface area contributed by atoms with Crippen LogP contribution in [0.2, 0.25) is 5.02 Å². The van der Waals surface area contributed by atoms with E-state index in [0.717, 1.165) is 6.42 Å². The molecule has 6 rings (SSSR count). The Kier molecular flexibility index (Phi) is 8.38. The van der Waals surface area contributed by atoms with Crippen LogP contribution < -0.4 is 15.4 Å². The predicted molar refractivity (Wildman–Crippen MR) is 151 cm³/mol. The molecule has 1 aromatic carbocycles. The number of nitrogen functional groups attached to an aromatic ring is 1. The SMILES string of the molecule is C[C@@]1(O)COCCN(c2nc(OC[C@@]34CCCN3CC(=C(F)F)C4)nc3c2CO[C@H](c2c(F)c(N)cc(Cl)c2C(F)(F)F)C3)C1. The van der Waals surface area contributed by atoms with Crippen molar-refractivity contribution in [3.05, 3.63) is 50.9 Å². The largest absolute Gasteiger partial charge is 0.461 e. The molecule has 0 radical (unpaired) electrons. The highest BCUT2D eigenvalue weighted by Gasteiger charge is 2.49. The van der Waals surface area contributed by atoms with Gasteiger partial charge < -0.3 is 30.0 Å². The van der Waals surface area contributed by atoms with Crippen molar-refractivity contribution in [2.75, 3.05) is 56.6 Å². The fraction of sp³-hybridized carbons (Fsp3) is 0.586. The van der Waals surface area contributed by atoms with Crippen LogP contribution in [-0.4, -0.2) is 77.1 Å². The van der Waals surface area contributed by atoms with Crippen LogP contribution in [0.1, 0.15) is 54.7 Å². The zero-order chi connectivity index (χ0) is 32.3. The third-order valence-electron chi connectivity index (χ3n) is 8.90. The molecular weight excluding hydrogens is 632 g/mol. The molecule has 0 spiro atoms. The molecule has 0 unspecified atom stereocenters. The molecular formula is C29H32ClF6N5O4. The number of hydrogen-bond acceptors (Lipinski definition) is 9. The number of ether oxygens (including phenoxy) is 3. The predicted octanol–water partition coefficient (Wildman–Crippen LogP) is 5.04. The zero-order valence-corrected chi connectivity index (χ0v) is 25.1. The molecule has 3 saturated heterocycles. The summed E-state index contributed by atoms with van der Waals surface area (Å²) in [4.78, 5) is 12.8. The van der Waals surface area contributed by atoms with Crippen molar-refractivity contribution in [2.45, 2.75) is 62.6 Å². The lowest BCUT2D eigenvalue weighted by Gasteiger charge is -2.34. The van der Waals surface area contributed by atoms with Crippen LogP contribution in [0.15, 0.2) is 17.7 Å². The number of aliphatic hydroxyl groups is 1. The van der Waals surface area contributed by atoms with Gasteiger partial charge in [0, 0.05) is 36.2 Å². The maximum atomic E-state index is 15.3. The number of nitrogens with two attached hydrogens (primary N) is 1. The van der Waals surface area contributed by atoms with Gasteiger partial charge in [-0.05, 0) is 38.8 Å². The number of alkyl halides is 3. The number of anilines is 2. The lowest BCUT2D eigenvalue weighted by atomic mass is 9.93. The van der Waals surface area contributed by atoms with Crippen molar-refractivity contribution in [1.29, 1.82) is 0 Å². The molecule has 0 bridgehead atoms. The molecule has 3 fully saturated rings. The summed E-state index contributed by atoms with van der Waals surface area (Å²) in [6.45, 7) is 2.79. The summed E-state index contributed by atoms with van der Waals surface area (Å²) in [6.07, 6.45) is -6.92. The van der Waals surface area contributed by atoms with Crippen LogP contribution in [0.3, 0.4) is 0 Å². The number of halogens is 7. The zero-order valence-electron chi connectivity index (χ0n) is 24.3. The Morgan fingerprint density at radius 2 is 2.04 bits per heavy atom. The van der Waals surface area contributed by atoms with Gasteiger partial charge in [-0.2, -0.15) is 31.9 Å². The minimum absolute atomic E-state index is 0.000435. The van der Waals surface area contributed by atoms with Crippen LogP contribution in [0.5, 0.6) is 6.01 Å². The van der Waals surface area contributed by atoms with E-state index in [0.29, 0.717) is 37.0 Å². The van der Waals surface area contributed by atoms with Crippen molar-refractivity contribution >= 4 is 23.1 Å². The molecule has 0 saturated carbocycles.